The van der Waals surface area contributed by atoms with Crippen molar-refractivity contribution in [2.75, 3.05) is 7.05 Å². The van der Waals surface area contributed by atoms with E-state index in [2.05, 4.69) is 0 Å². The van der Waals surface area contributed by atoms with Gasteiger partial charge >= 0.3 is 0 Å². The maximum Gasteiger partial charge on any atom is 0.157 e. The quantitative estimate of drug-likeness (QED) is 0.184. The Kier molecular flexibility index (Phi) is 1.64. The molecule has 0 amide bonds. The lowest BCUT2D eigenvalue weighted by molar-refractivity contribution is -0.423. The summed E-state index contributed by atoms with van der Waals surface area (Å²) in [5, 5.41) is 10.0. The highest BCUT2D eigenvalue weighted by Crippen LogP contribution is 1.65. The molecule has 0 heterocycles. The highest BCUT2D eigenvalue weighted by Gasteiger charge is 1.79. The van der Waals surface area contributed by atoms with Crippen LogP contribution in [0.25, 0.3) is 0 Å². The molecule has 0 aromatic carbocycles. The molecular formula is C4H9NO. The fourth-order valence-electron chi connectivity index (χ4n) is 0. The van der Waals surface area contributed by atoms with Crippen molar-refractivity contribution in [3.05, 3.63) is 5.21 Å². The Morgan fingerprint density at radius 3 is 1.67 bits per heavy atom. The summed E-state index contributed by atoms with van der Waals surface area (Å²) in [7, 11) is 1.48. The third kappa shape index (κ3) is 1.76. The highest BCUT2D eigenvalue weighted by atomic mass is 16.5. The van der Waals surface area contributed by atoms with Crippen molar-refractivity contribution in [3.8, 4) is 0 Å². The molecule has 0 unspecified atom stereocenters. The second kappa shape index (κ2) is 1.80. The van der Waals surface area contributed by atoms with E-state index >= 15 is 0 Å². The van der Waals surface area contributed by atoms with Crippen molar-refractivity contribution in [2.24, 2.45) is 0 Å². The minimum absolute atomic E-state index is 0.787. The molecule has 0 aliphatic carbocycles. The molecule has 0 N–H and O–H groups in total. The number of hydrogen-bond donors (Lipinski definition) is 0. The van der Waals surface area contributed by atoms with Gasteiger partial charge in [0.2, 0.25) is 0 Å². The molecule has 0 saturated heterocycles. The van der Waals surface area contributed by atoms with Crippen molar-refractivity contribution in [2.45, 2.75) is 13.8 Å². The number of nitrogens with zero attached hydrogens (tertiary/aromatic N) is 1. The van der Waals surface area contributed by atoms with Gasteiger partial charge in [-0.2, -0.15) is 0 Å². The van der Waals surface area contributed by atoms with Gasteiger partial charge in [-0.15, -0.1) is 0 Å². The predicted octanol–water partition coefficient (Wildman–Crippen LogP) is 0.607. The molecule has 2 nitrogen and oxygen atoms in total. The zero-order valence-corrected chi connectivity index (χ0v) is 4.36. The maximum atomic E-state index is 10.0. The first kappa shape index (κ1) is 5.47. The van der Waals surface area contributed by atoms with Gasteiger partial charge in [-0.1, -0.05) is 0 Å². The van der Waals surface area contributed by atoms with E-state index in [1.165, 1.54) is 7.05 Å². The van der Waals surface area contributed by atoms with Crippen molar-refractivity contribution in [3.63, 3.8) is 0 Å². The third-order valence-corrected chi connectivity index (χ3v) is 0.630. The molecular weight excluding hydrogens is 78.0 g/mol. The van der Waals surface area contributed by atoms with Gasteiger partial charge < -0.3 is 5.21 Å². The monoisotopic (exact) mass is 87.1 g/mol. The zero-order valence-electron chi connectivity index (χ0n) is 4.36. The molecule has 0 bridgehead atoms. The highest BCUT2D eigenvalue weighted by molar-refractivity contribution is 5.73. The summed E-state index contributed by atoms with van der Waals surface area (Å²) in [5.41, 5.74) is 0.787. The van der Waals surface area contributed by atoms with Crippen molar-refractivity contribution >= 4 is 5.71 Å². The summed E-state index contributed by atoms with van der Waals surface area (Å²) in [6.45, 7) is 3.54. The minimum Gasteiger partial charge on any atom is -0.624 e. The summed E-state index contributed by atoms with van der Waals surface area (Å²) in [4.78, 5) is 0. The van der Waals surface area contributed by atoms with Crippen LogP contribution in [0.2, 0.25) is 0 Å². The summed E-state index contributed by atoms with van der Waals surface area (Å²) in [6.07, 6.45) is 0. The Balaban J connectivity index is 3.68. The zero-order chi connectivity index (χ0) is 5.15. The molecule has 0 atom stereocenters. The molecule has 0 aromatic rings. The Morgan fingerprint density at radius 1 is 1.50 bits per heavy atom. The van der Waals surface area contributed by atoms with E-state index in [-0.39, 0.29) is 0 Å². The van der Waals surface area contributed by atoms with Crippen LogP contribution in [0, 0.1) is 5.21 Å². The van der Waals surface area contributed by atoms with Crippen LogP contribution in [-0.4, -0.2) is 17.5 Å². The summed E-state index contributed by atoms with van der Waals surface area (Å²) in [5.74, 6) is 0. The molecule has 0 fully saturated rings. The van der Waals surface area contributed by atoms with Crippen LogP contribution >= 0.6 is 0 Å². The molecule has 36 valence electrons. The summed E-state index contributed by atoms with van der Waals surface area (Å²) in [6, 6.07) is 0. The maximum absolute atomic E-state index is 10.0. The van der Waals surface area contributed by atoms with Crippen LogP contribution in [0.4, 0.5) is 0 Å². The van der Waals surface area contributed by atoms with Gasteiger partial charge in [0.05, 0.1) is 0 Å². The summed E-state index contributed by atoms with van der Waals surface area (Å²) < 4.78 is 0.833. The fraction of sp³-hybridized carbons (Fsp3) is 0.750. The van der Waals surface area contributed by atoms with E-state index < -0.39 is 0 Å². The number of hydrogen-bond acceptors (Lipinski definition) is 1. The lowest BCUT2D eigenvalue weighted by Gasteiger charge is -1.93. The number of hydroxylamine groups is 1. The van der Waals surface area contributed by atoms with Crippen molar-refractivity contribution < 1.29 is 4.74 Å². The molecule has 0 aliphatic rings. The van der Waals surface area contributed by atoms with Gasteiger partial charge in [0.15, 0.2) is 5.71 Å². The van der Waals surface area contributed by atoms with Crippen LogP contribution < -0.4 is 0 Å². The van der Waals surface area contributed by atoms with Gasteiger partial charge in [-0.25, -0.2) is 4.74 Å². The molecule has 0 radical (unpaired) electrons. The van der Waals surface area contributed by atoms with Crippen LogP contribution in [-0.2, 0) is 0 Å². The van der Waals surface area contributed by atoms with Gasteiger partial charge in [-0.3, -0.25) is 0 Å². The first-order valence-electron chi connectivity index (χ1n) is 1.85. The van der Waals surface area contributed by atoms with Gasteiger partial charge in [0.1, 0.15) is 7.05 Å². The van der Waals surface area contributed by atoms with E-state index in [1.54, 1.807) is 13.8 Å². The Hall–Kier alpha value is -0.530. The average molecular weight is 87.1 g/mol. The number of rotatable bonds is 0. The van der Waals surface area contributed by atoms with Crippen molar-refractivity contribution in [1.29, 1.82) is 0 Å². The lowest BCUT2D eigenvalue weighted by Crippen LogP contribution is -2.01. The van der Waals surface area contributed by atoms with Crippen LogP contribution in [0.5, 0.6) is 0 Å². The largest absolute Gasteiger partial charge is 0.624 e. The Morgan fingerprint density at radius 2 is 1.67 bits per heavy atom. The molecule has 6 heavy (non-hydrogen) atoms. The SMILES string of the molecule is CC(C)=[N+](C)[O-]. The van der Waals surface area contributed by atoms with E-state index in [4.69, 9.17) is 0 Å². The first-order chi connectivity index (χ1) is 2.64. The second-order valence-corrected chi connectivity index (χ2v) is 1.44. The second-order valence-electron chi connectivity index (χ2n) is 1.44. The third-order valence-electron chi connectivity index (χ3n) is 0.630. The Bertz CT molecular complexity index is 57.6. The lowest BCUT2D eigenvalue weighted by atomic mass is 10.5. The van der Waals surface area contributed by atoms with Crippen LogP contribution in [0.1, 0.15) is 13.8 Å². The van der Waals surface area contributed by atoms with E-state index in [0.717, 1.165) is 10.5 Å². The molecule has 0 saturated carbocycles. The van der Waals surface area contributed by atoms with E-state index in [1.807, 2.05) is 0 Å². The van der Waals surface area contributed by atoms with Crippen LogP contribution in [0.3, 0.4) is 0 Å². The standard InChI is InChI=1S/C4H9NO/c1-4(2)5(3)6/h1-3H3. The predicted molar refractivity (Wildman–Crippen MR) is 25.9 cm³/mol. The van der Waals surface area contributed by atoms with Gasteiger partial charge in [-0.05, 0) is 0 Å². The van der Waals surface area contributed by atoms with Crippen LogP contribution in [0.15, 0.2) is 0 Å². The van der Waals surface area contributed by atoms with E-state index in [0.29, 0.717) is 0 Å². The minimum atomic E-state index is 0.787. The smallest absolute Gasteiger partial charge is 0.157 e. The first-order valence-corrected chi connectivity index (χ1v) is 1.85. The molecule has 2 heteroatoms. The normalized spacial score (nSPS) is 7.83. The molecule has 0 aromatic heterocycles. The van der Waals surface area contributed by atoms with Gasteiger partial charge in [0, 0.05) is 13.8 Å². The van der Waals surface area contributed by atoms with E-state index in [9.17, 15) is 5.21 Å². The topological polar surface area (TPSA) is 26.1 Å². The Labute approximate surface area is 37.7 Å². The molecule has 0 spiro atoms. The average Bonchev–Trinajstić information content (AvgIpc) is 1.36. The van der Waals surface area contributed by atoms with Crippen molar-refractivity contribution in [1.82, 2.24) is 0 Å². The summed E-state index contributed by atoms with van der Waals surface area (Å²) >= 11 is 0. The fourth-order valence-corrected chi connectivity index (χ4v) is 0. The molecule has 0 aliphatic heterocycles. The molecule has 0 rings (SSSR count). The van der Waals surface area contributed by atoms with Gasteiger partial charge in [0.25, 0.3) is 0 Å².